The molecule has 5 N–H and O–H groups in total. The van der Waals surface area contributed by atoms with Crippen molar-refractivity contribution in [2.24, 2.45) is 0 Å². The summed E-state index contributed by atoms with van der Waals surface area (Å²) in [6.07, 6.45) is 1.82. The summed E-state index contributed by atoms with van der Waals surface area (Å²) in [4.78, 5) is 0.135. The Morgan fingerprint density at radius 3 is 2.41 bits per heavy atom. The first-order chi connectivity index (χ1) is 7.97. The van der Waals surface area contributed by atoms with E-state index in [4.69, 9.17) is 16.6 Å². The molecule has 0 aliphatic rings. The molecule has 0 radical (unpaired) electrons. The van der Waals surface area contributed by atoms with E-state index in [2.05, 4.69) is 0 Å². The molecule has 0 heterocycles. The lowest BCUT2D eigenvalue weighted by Crippen LogP contribution is -2.10. The van der Waals surface area contributed by atoms with Crippen LogP contribution in [0.1, 0.15) is 19.3 Å². The Morgan fingerprint density at radius 2 is 1.82 bits per heavy atom. The maximum absolute atomic E-state index is 11.9. The van der Waals surface area contributed by atoms with Crippen molar-refractivity contribution in [2.75, 3.05) is 23.8 Å². The van der Waals surface area contributed by atoms with Crippen LogP contribution in [0.3, 0.4) is 0 Å². The van der Waals surface area contributed by atoms with Gasteiger partial charge in [-0.05, 0) is 31.0 Å². The lowest BCUT2D eigenvalue weighted by atomic mass is 10.3. The Labute approximate surface area is 101 Å². The van der Waals surface area contributed by atoms with Crippen LogP contribution in [0.5, 0.6) is 0 Å². The molecule has 1 aromatic rings. The van der Waals surface area contributed by atoms with Crippen LogP contribution in [0.4, 0.5) is 11.4 Å². The summed E-state index contributed by atoms with van der Waals surface area (Å²) in [5.74, 6) is 0.0428. The number of anilines is 2. The predicted octanol–water partition coefficient (Wildman–Crippen LogP) is 0.787. The summed E-state index contributed by atoms with van der Waals surface area (Å²) >= 11 is 0. The largest absolute Gasteiger partial charge is 0.399 e. The Morgan fingerprint density at radius 1 is 1.12 bits per heavy atom. The van der Waals surface area contributed by atoms with E-state index in [0.717, 1.165) is 0 Å². The molecule has 0 fully saturated rings. The second-order valence-corrected chi connectivity index (χ2v) is 5.98. The molecule has 0 saturated heterocycles. The summed E-state index contributed by atoms with van der Waals surface area (Å²) in [6, 6.07) is 4.41. The van der Waals surface area contributed by atoms with Crippen LogP contribution >= 0.6 is 0 Å². The van der Waals surface area contributed by atoms with Gasteiger partial charge < -0.3 is 16.6 Å². The quantitative estimate of drug-likeness (QED) is 0.516. The van der Waals surface area contributed by atoms with Crippen LogP contribution < -0.4 is 11.5 Å². The van der Waals surface area contributed by atoms with Gasteiger partial charge in [0.15, 0.2) is 9.84 Å². The number of nitrogens with two attached hydrogens (primary N) is 2. The summed E-state index contributed by atoms with van der Waals surface area (Å²) in [6.45, 7) is 0.0874. The van der Waals surface area contributed by atoms with Crippen molar-refractivity contribution in [3.63, 3.8) is 0 Å². The molecule has 0 aromatic heterocycles. The second-order valence-electron chi connectivity index (χ2n) is 3.90. The van der Waals surface area contributed by atoms with Crippen LogP contribution in [-0.2, 0) is 9.84 Å². The van der Waals surface area contributed by atoms with Gasteiger partial charge in [0.2, 0.25) is 0 Å². The van der Waals surface area contributed by atoms with E-state index in [1.54, 1.807) is 0 Å². The minimum atomic E-state index is -3.35. The highest BCUT2D eigenvalue weighted by molar-refractivity contribution is 7.91. The number of aliphatic hydroxyl groups is 1. The van der Waals surface area contributed by atoms with Crippen LogP contribution in [0, 0.1) is 0 Å². The van der Waals surface area contributed by atoms with E-state index in [-0.39, 0.29) is 22.9 Å². The zero-order valence-electron chi connectivity index (χ0n) is 9.59. The fraction of sp³-hybridized carbons (Fsp3) is 0.455. The van der Waals surface area contributed by atoms with Gasteiger partial charge in [-0.2, -0.15) is 0 Å². The van der Waals surface area contributed by atoms with Gasteiger partial charge in [0.25, 0.3) is 0 Å². The van der Waals surface area contributed by atoms with Crippen LogP contribution in [0.2, 0.25) is 0 Å². The third kappa shape index (κ3) is 3.90. The monoisotopic (exact) mass is 258 g/mol. The van der Waals surface area contributed by atoms with Gasteiger partial charge in [0, 0.05) is 12.3 Å². The van der Waals surface area contributed by atoms with Gasteiger partial charge >= 0.3 is 0 Å². The minimum Gasteiger partial charge on any atom is -0.399 e. The molecule has 0 atom stereocenters. The lowest BCUT2D eigenvalue weighted by molar-refractivity contribution is 0.284. The van der Waals surface area contributed by atoms with Crippen LogP contribution in [-0.4, -0.2) is 25.9 Å². The van der Waals surface area contributed by atoms with Crippen molar-refractivity contribution < 1.29 is 13.5 Å². The first-order valence-electron chi connectivity index (χ1n) is 5.46. The maximum atomic E-state index is 11.9. The van der Waals surface area contributed by atoms with Gasteiger partial charge in [-0.3, -0.25) is 0 Å². The summed E-state index contributed by atoms with van der Waals surface area (Å²) in [5, 5.41) is 8.60. The van der Waals surface area contributed by atoms with Crippen LogP contribution in [0.15, 0.2) is 23.1 Å². The molecule has 6 heteroatoms. The molecule has 0 amide bonds. The third-order valence-electron chi connectivity index (χ3n) is 2.44. The van der Waals surface area contributed by atoms with E-state index in [1.165, 1.54) is 18.2 Å². The summed E-state index contributed by atoms with van der Waals surface area (Å²) in [5.41, 5.74) is 11.8. The van der Waals surface area contributed by atoms with Crippen molar-refractivity contribution in [1.82, 2.24) is 0 Å². The zero-order valence-corrected chi connectivity index (χ0v) is 10.4. The van der Waals surface area contributed by atoms with Crippen molar-refractivity contribution in [2.45, 2.75) is 24.2 Å². The molecule has 0 aliphatic carbocycles. The molecule has 0 spiro atoms. The molecule has 0 saturated carbocycles. The van der Waals surface area contributed by atoms with Gasteiger partial charge in [-0.15, -0.1) is 0 Å². The maximum Gasteiger partial charge on any atom is 0.180 e. The molecule has 5 nitrogen and oxygen atoms in total. The zero-order chi connectivity index (χ0) is 12.9. The number of hydrogen-bond acceptors (Lipinski definition) is 5. The van der Waals surface area contributed by atoms with E-state index < -0.39 is 9.84 Å². The Hall–Kier alpha value is -1.27. The highest BCUT2D eigenvalue weighted by Crippen LogP contribution is 2.22. The van der Waals surface area contributed by atoms with E-state index in [1.807, 2.05) is 0 Å². The fourth-order valence-corrected chi connectivity index (χ4v) is 3.04. The first-order valence-corrected chi connectivity index (χ1v) is 7.11. The molecule has 0 aliphatic heterocycles. The van der Waals surface area contributed by atoms with Gasteiger partial charge in [-0.1, -0.05) is 6.42 Å². The second kappa shape index (κ2) is 5.88. The van der Waals surface area contributed by atoms with Crippen molar-refractivity contribution in [3.05, 3.63) is 18.2 Å². The van der Waals surface area contributed by atoms with Gasteiger partial charge in [0.1, 0.15) is 0 Å². The molecule has 1 aromatic carbocycles. The smallest absolute Gasteiger partial charge is 0.180 e. The van der Waals surface area contributed by atoms with E-state index in [9.17, 15) is 8.42 Å². The molecular formula is C11H18N2O3S. The Balaban J connectivity index is 2.76. The Kier molecular flexibility index (Phi) is 4.77. The number of sulfone groups is 1. The molecule has 96 valence electrons. The van der Waals surface area contributed by atoms with E-state index >= 15 is 0 Å². The first kappa shape index (κ1) is 13.8. The summed E-state index contributed by atoms with van der Waals surface area (Å²) < 4.78 is 23.9. The molecular weight excluding hydrogens is 240 g/mol. The fourth-order valence-electron chi connectivity index (χ4n) is 1.54. The highest BCUT2D eigenvalue weighted by Gasteiger charge is 2.16. The number of rotatable bonds is 6. The minimum absolute atomic E-state index is 0.0428. The van der Waals surface area contributed by atoms with Crippen molar-refractivity contribution in [1.29, 1.82) is 0 Å². The lowest BCUT2D eigenvalue weighted by Gasteiger charge is -2.07. The molecule has 1 rings (SSSR count). The number of unbranched alkanes of at least 4 members (excludes halogenated alkanes) is 2. The van der Waals surface area contributed by atoms with Gasteiger partial charge in [0.05, 0.1) is 16.3 Å². The topological polar surface area (TPSA) is 106 Å². The third-order valence-corrected chi connectivity index (χ3v) is 4.31. The normalized spacial score (nSPS) is 11.6. The number of nitrogen functional groups attached to an aromatic ring is 2. The SMILES string of the molecule is Nc1ccc(S(=O)(=O)CCCCCO)c(N)c1. The molecule has 0 bridgehead atoms. The predicted molar refractivity (Wildman–Crippen MR) is 68.3 cm³/mol. The van der Waals surface area contributed by atoms with E-state index in [0.29, 0.717) is 24.9 Å². The van der Waals surface area contributed by atoms with Crippen LogP contribution in [0.25, 0.3) is 0 Å². The molecule has 17 heavy (non-hydrogen) atoms. The standard InChI is InChI=1S/C11H18N2O3S/c12-9-4-5-11(10(13)8-9)17(15,16)7-3-1-2-6-14/h4-5,8,14H,1-3,6-7,12-13H2. The van der Waals surface area contributed by atoms with Gasteiger partial charge in [-0.25, -0.2) is 8.42 Å². The molecule has 0 unspecified atom stereocenters. The number of aliphatic hydroxyl groups excluding tert-OH is 1. The number of benzene rings is 1. The number of hydrogen-bond donors (Lipinski definition) is 3. The summed E-state index contributed by atoms with van der Waals surface area (Å²) in [7, 11) is -3.35. The average molecular weight is 258 g/mol. The average Bonchev–Trinajstić information content (AvgIpc) is 2.24. The van der Waals surface area contributed by atoms with Crippen molar-refractivity contribution >= 4 is 21.2 Å². The Bertz CT molecular complexity index is 472. The highest BCUT2D eigenvalue weighted by atomic mass is 32.2. The van der Waals surface area contributed by atoms with Crippen molar-refractivity contribution in [3.8, 4) is 0 Å².